The Balaban J connectivity index is 1.76. The van der Waals surface area contributed by atoms with Crippen LogP contribution in [0.25, 0.3) is 0 Å². The number of likely N-dealkylation sites (tertiary alicyclic amines) is 1. The van der Waals surface area contributed by atoms with Crippen LogP contribution in [-0.4, -0.2) is 47.2 Å². The van der Waals surface area contributed by atoms with E-state index >= 15 is 0 Å². The molecule has 5 heteroatoms. The quantitative estimate of drug-likeness (QED) is 0.920. The molecular weight excluding hydrogens is 268 g/mol. The van der Waals surface area contributed by atoms with Gasteiger partial charge in [-0.3, -0.25) is 0 Å². The number of likely N-dealkylation sites (N-methyl/N-ethyl adjacent to an activating group) is 1. The van der Waals surface area contributed by atoms with Gasteiger partial charge in [-0.1, -0.05) is 6.42 Å². The number of carboxylic acids is 1. The molecule has 1 aliphatic heterocycles. The van der Waals surface area contributed by atoms with Crippen molar-refractivity contribution >= 4 is 5.97 Å². The van der Waals surface area contributed by atoms with Gasteiger partial charge < -0.3 is 14.7 Å². The lowest BCUT2D eigenvalue weighted by atomic mass is 10.0. The Labute approximate surface area is 124 Å². The highest BCUT2D eigenvalue weighted by molar-refractivity contribution is 5.90. The van der Waals surface area contributed by atoms with Gasteiger partial charge in [-0.15, -0.1) is 0 Å². The first kappa shape index (κ1) is 14.3. The molecule has 5 nitrogen and oxygen atoms in total. The van der Waals surface area contributed by atoms with E-state index in [2.05, 4.69) is 16.9 Å². The van der Waals surface area contributed by atoms with Crippen molar-refractivity contribution in [3.8, 4) is 5.88 Å². The van der Waals surface area contributed by atoms with Gasteiger partial charge in [0.2, 0.25) is 5.88 Å². The maximum Gasteiger partial charge on any atom is 0.341 e. The number of hydrogen-bond acceptors (Lipinski definition) is 4. The van der Waals surface area contributed by atoms with Crippen LogP contribution >= 0.6 is 0 Å². The summed E-state index contributed by atoms with van der Waals surface area (Å²) in [5.41, 5.74) is 2.27. The average Bonchev–Trinajstić information content (AvgIpc) is 2.92. The summed E-state index contributed by atoms with van der Waals surface area (Å²) in [6.07, 6.45) is 6.44. The molecule has 0 bridgehead atoms. The topological polar surface area (TPSA) is 62.7 Å². The van der Waals surface area contributed by atoms with E-state index in [1.807, 2.05) is 0 Å². The molecule has 1 aliphatic carbocycles. The fourth-order valence-electron chi connectivity index (χ4n) is 3.25. The van der Waals surface area contributed by atoms with Gasteiger partial charge >= 0.3 is 5.97 Å². The molecule has 21 heavy (non-hydrogen) atoms. The summed E-state index contributed by atoms with van der Waals surface area (Å²) in [5, 5.41) is 9.36. The van der Waals surface area contributed by atoms with Crippen molar-refractivity contribution in [2.45, 2.75) is 44.6 Å². The third-order valence-corrected chi connectivity index (χ3v) is 4.58. The van der Waals surface area contributed by atoms with Crippen LogP contribution in [0.4, 0.5) is 0 Å². The van der Waals surface area contributed by atoms with Crippen LogP contribution in [0.3, 0.4) is 0 Å². The first-order valence-electron chi connectivity index (χ1n) is 7.74. The van der Waals surface area contributed by atoms with Crippen molar-refractivity contribution in [2.75, 3.05) is 20.2 Å². The number of pyridine rings is 1. The second-order valence-corrected chi connectivity index (χ2v) is 6.05. The molecule has 1 unspecified atom stereocenters. The lowest BCUT2D eigenvalue weighted by Gasteiger charge is -2.32. The molecule has 0 radical (unpaired) electrons. The van der Waals surface area contributed by atoms with E-state index in [9.17, 15) is 9.90 Å². The molecule has 1 fully saturated rings. The van der Waals surface area contributed by atoms with Gasteiger partial charge in [0.1, 0.15) is 12.2 Å². The van der Waals surface area contributed by atoms with Gasteiger partial charge in [0, 0.05) is 11.7 Å². The summed E-state index contributed by atoms with van der Waals surface area (Å²) < 4.78 is 5.80. The van der Waals surface area contributed by atoms with Crippen LogP contribution < -0.4 is 4.74 Å². The molecule has 114 valence electrons. The minimum absolute atomic E-state index is 0.203. The Hall–Kier alpha value is -1.62. The highest BCUT2D eigenvalue weighted by atomic mass is 16.5. The molecule has 1 N–H and O–H groups in total. The second-order valence-electron chi connectivity index (χ2n) is 6.05. The van der Waals surface area contributed by atoms with Crippen LogP contribution in [0.1, 0.15) is 47.3 Å². The SMILES string of the molecule is CN1CCCCC1COc1nc2c(cc1C(=O)O)CCC2. The molecule has 0 spiro atoms. The van der Waals surface area contributed by atoms with Crippen molar-refractivity contribution < 1.29 is 14.6 Å². The Morgan fingerprint density at radius 1 is 1.43 bits per heavy atom. The third-order valence-electron chi connectivity index (χ3n) is 4.58. The van der Waals surface area contributed by atoms with Crippen molar-refractivity contribution in [3.63, 3.8) is 0 Å². The predicted molar refractivity (Wildman–Crippen MR) is 79.0 cm³/mol. The van der Waals surface area contributed by atoms with Gasteiger partial charge in [0.05, 0.1) is 0 Å². The number of carboxylic acid groups (broad SMARTS) is 1. The Bertz CT molecular complexity index is 545. The van der Waals surface area contributed by atoms with E-state index in [-0.39, 0.29) is 5.56 Å². The highest BCUT2D eigenvalue weighted by Gasteiger charge is 2.24. The summed E-state index contributed by atoms with van der Waals surface area (Å²) in [6, 6.07) is 2.10. The van der Waals surface area contributed by atoms with Gasteiger partial charge in [0.15, 0.2) is 0 Å². The molecule has 1 saturated heterocycles. The standard InChI is InChI=1S/C16H22N2O3/c1-18-8-3-2-6-12(18)10-21-15-13(16(19)20)9-11-5-4-7-14(11)17-15/h9,12H,2-8,10H2,1H3,(H,19,20). The number of rotatable bonds is 4. The zero-order valence-electron chi connectivity index (χ0n) is 12.5. The number of aromatic nitrogens is 1. The Morgan fingerprint density at radius 2 is 2.29 bits per heavy atom. The van der Waals surface area contributed by atoms with Gasteiger partial charge in [0.25, 0.3) is 0 Å². The maximum absolute atomic E-state index is 11.4. The first-order chi connectivity index (χ1) is 10.1. The molecule has 0 aromatic carbocycles. The lowest BCUT2D eigenvalue weighted by Crippen LogP contribution is -2.40. The molecule has 0 amide bonds. The number of hydrogen-bond donors (Lipinski definition) is 1. The fourth-order valence-corrected chi connectivity index (χ4v) is 3.25. The molecule has 1 aromatic rings. The van der Waals surface area contributed by atoms with Crippen molar-refractivity contribution in [2.24, 2.45) is 0 Å². The van der Waals surface area contributed by atoms with Crippen molar-refractivity contribution in [3.05, 3.63) is 22.9 Å². The number of aryl methyl sites for hydroxylation is 2. The average molecular weight is 290 g/mol. The lowest BCUT2D eigenvalue weighted by molar-refractivity contribution is 0.0686. The minimum Gasteiger partial charge on any atom is -0.477 e. The zero-order chi connectivity index (χ0) is 14.8. The van der Waals surface area contributed by atoms with E-state index in [1.165, 1.54) is 12.8 Å². The van der Waals surface area contributed by atoms with Crippen LogP contribution in [0.2, 0.25) is 0 Å². The zero-order valence-corrected chi connectivity index (χ0v) is 12.5. The van der Waals surface area contributed by atoms with Crippen molar-refractivity contribution in [1.82, 2.24) is 9.88 Å². The van der Waals surface area contributed by atoms with E-state index < -0.39 is 5.97 Å². The second kappa shape index (κ2) is 6.02. The van der Waals surface area contributed by atoms with Gasteiger partial charge in [-0.25, -0.2) is 9.78 Å². The van der Waals surface area contributed by atoms with Gasteiger partial charge in [-0.05, 0) is 57.3 Å². The number of nitrogens with zero attached hydrogens (tertiary/aromatic N) is 2. The molecule has 1 aromatic heterocycles. The predicted octanol–water partition coefficient (Wildman–Crippen LogP) is 2.13. The number of aromatic carboxylic acids is 1. The van der Waals surface area contributed by atoms with Crippen LogP contribution in [-0.2, 0) is 12.8 Å². The first-order valence-corrected chi connectivity index (χ1v) is 7.74. The summed E-state index contributed by atoms with van der Waals surface area (Å²) in [5.74, 6) is -0.661. The van der Waals surface area contributed by atoms with E-state index in [0.717, 1.165) is 43.5 Å². The molecule has 3 rings (SSSR count). The Morgan fingerprint density at radius 3 is 3.05 bits per heavy atom. The summed E-state index contributed by atoms with van der Waals surface area (Å²) in [6.45, 7) is 1.60. The normalized spacial score (nSPS) is 22.0. The number of carbonyl (C=O) groups is 1. The van der Waals surface area contributed by atoms with Gasteiger partial charge in [-0.2, -0.15) is 0 Å². The molecule has 2 heterocycles. The fraction of sp³-hybridized carbons (Fsp3) is 0.625. The van der Waals surface area contributed by atoms with E-state index in [0.29, 0.717) is 18.5 Å². The number of ether oxygens (including phenoxy) is 1. The summed E-state index contributed by atoms with van der Waals surface area (Å²) >= 11 is 0. The maximum atomic E-state index is 11.4. The van der Waals surface area contributed by atoms with E-state index in [4.69, 9.17) is 4.74 Å². The summed E-state index contributed by atoms with van der Waals surface area (Å²) in [4.78, 5) is 18.2. The minimum atomic E-state index is -0.954. The molecule has 2 aliphatic rings. The smallest absolute Gasteiger partial charge is 0.341 e. The summed E-state index contributed by atoms with van der Waals surface area (Å²) in [7, 11) is 2.10. The van der Waals surface area contributed by atoms with Crippen LogP contribution in [0, 0.1) is 0 Å². The molecule has 1 atom stereocenters. The Kier molecular flexibility index (Phi) is 4.10. The highest BCUT2D eigenvalue weighted by Crippen LogP contribution is 2.27. The van der Waals surface area contributed by atoms with Crippen LogP contribution in [0.5, 0.6) is 5.88 Å². The third kappa shape index (κ3) is 3.02. The largest absolute Gasteiger partial charge is 0.477 e. The van der Waals surface area contributed by atoms with E-state index in [1.54, 1.807) is 6.07 Å². The van der Waals surface area contributed by atoms with Crippen molar-refractivity contribution in [1.29, 1.82) is 0 Å². The molecule has 0 saturated carbocycles. The number of piperidine rings is 1. The van der Waals surface area contributed by atoms with Crippen LogP contribution in [0.15, 0.2) is 6.07 Å². The number of fused-ring (bicyclic) bond motifs is 1. The monoisotopic (exact) mass is 290 g/mol. The molecular formula is C16H22N2O3.